The van der Waals surface area contributed by atoms with E-state index < -0.39 is 17.6 Å². The normalized spacial score (nSPS) is 16.2. The van der Waals surface area contributed by atoms with E-state index in [1.807, 2.05) is 0 Å². The summed E-state index contributed by atoms with van der Waals surface area (Å²) < 4.78 is 14.8. The molecule has 1 atom stereocenters. The fraction of sp³-hybridized carbons (Fsp3) is 0.208. The largest absolute Gasteiger partial charge is 0.395 e. The maximum absolute atomic E-state index is 13.4. The monoisotopic (exact) mass is 435 g/mol. The topological polar surface area (TPSA) is 91.6 Å². The molecule has 0 saturated heterocycles. The van der Waals surface area contributed by atoms with Gasteiger partial charge in [0, 0.05) is 60.4 Å². The summed E-state index contributed by atoms with van der Waals surface area (Å²) in [5.74, 6) is -1.47. The summed E-state index contributed by atoms with van der Waals surface area (Å²) in [6, 6.07) is 12.5. The van der Waals surface area contributed by atoms with E-state index >= 15 is 0 Å². The van der Waals surface area contributed by atoms with E-state index in [9.17, 15) is 18.8 Å². The van der Waals surface area contributed by atoms with Crippen LogP contribution in [-0.4, -0.2) is 40.0 Å². The lowest BCUT2D eigenvalue weighted by Crippen LogP contribution is -2.33. The van der Waals surface area contributed by atoms with Crippen molar-refractivity contribution in [2.45, 2.75) is 18.9 Å². The molecule has 0 saturated carbocycles. The van der Waals surface area contributed by atoms with Crippen LogP contribution in [0.2, 0.25) is 0 Å². The molecule has 2 heterocycles. The summed E-state index contributed by atoms with van der Waals surface area (Å²) in [4.78, 5) is 39.6. The van der Waals surface area contributed by atoms with E-state index in [1.54, 1.807) is 49.6 Å². The van der Waals surface area contributed by atoms with E-state index in [1.165, 1.54) is 27.8 Å². The smallest absolute Gasteiger partial charge is 0.258 e. The quantitative estimate of drug-likeness (QED) is 0.645. The van der Waals surface area contributed by atoms with Crippen molar-refractivity contribution in [3.63, 3.8) is 0 Å². The third-order valence-corrected chi connectivity index (χ3v) is 5.62. The molecule has 2 amide bonds. The van der Waals surface area contributed by atoms with Gasteiger partial charge < -0.3 is 19.9 Å². The summed E-state index contributed by atoms with van der Waals surface area (Å²) in [5.41, 5.74) is 1.22. The van der Waals surface area contributed by atoms with Crippen molar-refractivity contribution >= 4 is 28.3 Å². The standard InChI is InChI=1S/C24H22FN3O4/c1-27-14-20(19(13-22(27)30)15-5-7-16(25)8-6-15)23(31)26-21-4-2-3-18-17(21)9-10-28(11-12-29)24(18)32/h2-10,14,19,29H,11-13H2,1H3,(H,26,31)/t19-/m0/s1. The fourth-order valence-electron chi connectivity index (χ4n) is 3.91. The molecule has 0 fully saturated rings. The third-order valence-electron chi connectivity index (χ3n) is 5.62. The molecule has 2 aromatic carbocycles. The van der Waals surface area contributed by atoms with Gasteiger partial charge >= 0.3 is 0 Å². The molecule has 2 N–H and O–H groups in total. The SMILES string of the molecule is CN1C=C(C(=O)Nc2cccc3c(=O)n(CCO)ccc23)[C@H](c2ccc(F)cc2)CC1=O. The minimum absolute atomic E-state index is 0.0861. The van der Waals surface area contributed by atoms with Gasteiger partial charge in [0.05, 0.1) is 6.61 Å². The molecule has 0 spiro atoms. The van der Waals surface area contributed by atoms with Crippen LogP contribution in [0.25, 0.3) is 10.8 Å². The number of aliphatic hydroxyl groups excluding tert-OH is 1. The van der Waals surface area contributed by atoms with Gasteiger partial charge in [0.2, 0.25) is 5.91 Å². The molecule has 32 heavy (non-hydrogen) atoms. The molecule has 1 aliphatic rings. The van der Waals surface area contributed by atoms with Crippen LogP contribution in [0, 0.1) is 5.82 Å². The minimum Gasteiger partial charge on any atom is -0.395 e. The van der Waals surface area contributed by atoms with Crippen LogP contribution in [-0.2, 0) is 16.1 Å². The van der Waals surface area contributed by atoms with Gasteiger partial charge in [0.1, 0.15) is 5.82 Å². The predicted molar refractivity (Wildman–Crippen MR) is 119 cm³/mol. The molecule has 0 unspecified atom stereocenters. The molecule has 0 aliphatic carbocycles. The first-order chi connectivity index (χ1) is 15.4. The highest BCUT2D eigenvalue weighted by atomic mass is 19.1. The molecule has 8 heteroatoms. The van der Waals surface area contributed by atoms with Crippen molar-refractivity contribution in [2.75, 3.05) is 19.0 Å². The number of pyridine rings is 1. The van der Waals surface area contributed by atoms with Crippen molar-refractivity contribution in [1.29, 1.82) is 0 Å². The van der Waals surface area contributed by atoms with Crippen LogP contribution >= 0.6 is 0 Å². The zero-order valence-electron chi connectivity index (χ0n) is 17.4. The number of aliphatic hydroxyl groups is 1. The second-order valence-corrected chi connectivity index (χ2v) is 7.66. The number of nitrogens with one attached hydrogen (secondary N) is 1. The molecule has 3 aromatic rings. The average Bonchev–Trinajstić information content (AvgIpc) is 2.78. The van der Waals surface area contributed by atoms with Crippen molar-refractivity contribution in [1.82, 2.24) is 9.47 Å². The second kappa shape index (κ2) is 8.76. The van der Waals surface area contributed by atoms with E-state index in [0.29, 0.717) is 27.6 Å². The van der Waals surface area contributed by atoms with Crippen LogP contribution in [0.4, 0.5) is 10.1 Å². The second-order valence-electron chi connectivity index (χ2n) is 7.66. The van der Waals surface area contributed by atoms with Gasteiger partial charge in [-0.25, -0.2) is 4.39 Å². The number of halogens is 1. The summed E-state index contributed by atoms with van der Waals surface area (Å²) in [6.45, 7) is 0.0188. The van der Waals surface area contributed by atoms with Gasteiger partial charge in [-0.2, -0.15) is 0 Å². The Morgan fingerprint density at radius 3 is 2.59 bits per heavy atom. The Hall–Kier alpha value is -3.78. The Kier molecular flexibility index (Phi) is 5.87. The van der Waals surface area contributed by atoms with Crippen LogP contribution in [0.5, 0.6) is 0 Å². The average molecular weight is 435 g/mol. The number of anilines is 1. The highest BCUT2D eigenvalue weighted by molar-refractivity contribution is 6.10. The van der Waals surface area contributed by atoms with E-state index in [2.05, 4.69) is 5.32 Å². The van der Waals surface area contributed by atoms with Gasteiger partial charge in [-0.1, -0.05) is 18.2 Å². The lowest BCUT2D eigenvalue weighted by atomic mass is 9.85. The Bertz CT molecular complexity index is 1280. The summed E-state index contributed by atoms with van der Waals surface area (Å²) in [6.07, 6.45) is 3.15. The zero-order valence-corrected chi connectivity index (χ0v) is 17.4. The summed E-state index contributed by atoms with van der Waals surface area (Å²) in [5, 5.41) is 13.0. The summed E-state index contributed by atoms with van der Waals surface area (Å²) in [7, 11) is 1.58. The highest BCUT2D eigenvalue weighted by Gasteiger charge is 2.31. The maximum Gasteiger partial charge on any atom is 0.258 e. The Labute approximate surface area is 183 Å². The van der Waals surface area contributed by atoms with Gasteiger partial charge in [-0.3, -0.25) is 14.4 Å². The molecule has 1 aliphatic heterocycles. The van der Waals surface area contributed by atoms with Gasteiger partial charge in [-0.15, -0.1) is 0 Å². The molecular formula is C24H22FN3O4. The third kappa shape index (κ3) is 4.04. The Balaban J connectivity index is 1.70. The highest BCUT2D eigenvalue weighted by Crippen LogP contribution is 2.33. The van der Waals surface area contributed by atoms with Crippen LogP contribution in [0.3, 0.4) is 0 Å². The number of hydrogen-bond acceptors (Lipinski definition) is 4. The Morgan fingerprint density at radius 2 is 1.88 bits per heavy atom. The number of rotatable bonds is 5. The van der Waals surface area contributed by atoms with Crippen LogP contribution < -0.4 is 10.9 Å². The lowest BCUT2D eigenvalue weighted by Gasteiger charge is -2.28. The van der Waals surface area contributed by atoms with Crippen molar-refractivity contribution in [3.05, 3.63) is 88.2 Å². The van der Waals surface area contributed by atoms with E-state index in [-0.39, 0.29) is 31.0 Å². The van der Waals surface area contributed by atoms with Gasteiger partial charge in [0.25, 0.3) is 11.5 Å². The number of fused-ring (bicyclic) bond motifs is 1. The predicted octanol–water partition coefficient (Wildman–Crippen LogP) is 2.60. The first-order valence-corrected chi connectivity index (χ1v) is 10.2. The Morgan fingerprint density at radius 1 is 1.12 bits per heavy atom. The number of carbonyl (C=O) groups excluding carboxylic acids is 2. The summed E-state index contributed by atoms with van der Waals surface area (Å²) >= 11 is 0. The first kappa shape index (κ1) is 21.5. The molecule has 4 rings (SSSR count). The number of aromatic nitrogens is 1. The van der Waals surface area contributed by atoms with Crippen molar-refractivity contribution < 1.29 is 19.1 Å². The fourth-order valence-corrected chi connectivity index (χ4v) is 3.91. The maximum atomic E-state index is 13.4. The molecule has 0 radical (unpaired) electrons. The molecule has 1 aromatic heterocycles. The molecule has 7 nitrogen and oxygen atoms in total. The van der Waals surface area contributed by atoms with Gasteiger partial charge in [-0.05, 0) is 35.9 Å². The van der Waals surface area contributed by atoms with Crippen molar-refractivity contribution in [2.24, 2.45) is 0 Å². The van der Waals surface area contributed by atoms with Gasteiger partial charge in [0.15, 0.2) is 0 Å². The molecule has 164 valence electrons. The minimum atomic E-state index is -0.518. The van der Waals surface area contributed by atoms with E-state index in [0.717, 1.165) is 0 Å². The molecular weight excluding hydrogens is 413 g/mol. The number of carbonyl (C=O) groups is 2. The van der Waals surface area contributed by atoms with Crippen LogP contribution in [0.1, 0.15) is 17.9 Å². The van der Waals surface area contributed by atoms with Crippen molar-refractivity contribution in [3.8, 4) is 0 Å². The zero-order chi connectivity index (χ0) is 22.8. The molecule has 0 bridgehead atoms. The van der Waals surface area contributed by atoms with E-state index in [4.69, 9.17) is 5.11 Å². The number of nitrogens with zero attached hydrogens (tertiary/aromatic N) is 2. The van der Waals surface area contributed by atoms with Crippen LogP contribution in [0.15, 0.2) is 71.3 Å². The lowest BCUT2D eigenvalue weighted by molar-refractivity contribution is -0.128. The first-order valence-electron chi connectivity index (χ1n) is 10.2. The number of benzene rings is 2. The number of hydrogen-bond donors (Lipinski definition) is 2. The number of amides is 2.